The van der Waals surface area contributed by atoms with Gasteiger partial charge in [0.2, 0.25) is 0 Å². The van der Waals surface area contributed by atoms with Gasteiger partial charge in [-0.1, -0.05) is 42.5 Å². The van der Waals surface area contributed by atoms with Crippen molar-refractivity contribution in [3.05, 3.63) is 89.0 Å². The van der Waals surface area contributed by atoms with E-state index in [2.05, 4.69) is 37.4 Å². The summed E-state index contributed by atoms with van der Waals surface area (Å²) in [5.74, 6) is 0.363. The van der Waals surface area contributed by atoms with E-state index in [0.717, 1.165) is 17.5 Å². The third-order valence-electron chi connectivity index (χ3n) is 6.09. The van der Waals surface area contributed by atoms with Crippen molar-refractivity contribution in [2.45, 2.75) is 33.7 Å². The number of anilines is 2. The first-order valence-electron chi connectivity index (χ1n) is 11.6. The van der Waals surface area contributed by atoms with E-state index in [1.165, 1.54) is 11.1 Å². The Morgan fingerprint density at radius 3 is 2.50 bits per heavy atom. The molecule has 0 aliphatic carbocycles. The summed E-state index contributed by atoms with van der Waals surface area (Å²) in [7, 11) is 0. The van der Waals surface area contributed by atoms with Crippen LogP contribution in [0.3, 0.4) is 0 Å². The minimum absolute atomic E-state index is 0.0515. The highest BCUT2D eigenvalue weighted by molar-refractivity contribution is 6.01. The molecule has 3 aromatic rings. The van der Waals surface area contributed by atoms with E-state index in [1.54, 1.807) is 4.90 Å². The van der Waals surface area contributed by atoms with Gasteiger partial charge in [0.1, 0.15) is 5.75 Å². The van der Waals surface area contributed by atoms with Crippen molar-refractivity contribution in [2.75, 3.05) is 29.9 Å². The van der Waals surface area contributed by atoms with Crippen LogP contribution in [0.5, 0.6) is 5.75 Å². The van der Waals surface area contributed by atoms with Crippen LogP contribution in [0.15, 0.2) is 66.7 Å². The molecule has 3 aromatic carbocycles. The summed E-state index contributed by atoms with van der Waals surface area (Å²) in [6, 6.07) is 21.3. The van der Waals surface area contributed by atoms with Gasteiger partial charge in [0.15, 0.2) is 6.61 Å². The zero-order valence-corrected chi connectivity index (χ0v) is 20.0. The molecule has 6 heteroatoms. The van der Waals surface area contributed by atoms with Crippen LogP contribution in [0.4, 0.5) is 16.2 Å². The topological polar surface area (TPSA) is 61.9 Å². The smallest absolute Gasteiger partial charge is 0.324 e. The predicted octanol–water partition coefficient (Wildman–Crippen LogP) is 5.46. The van der Waals surface area contributed by atoms with Gasteiger partial charge in [-0.05, 0) is 73.7 Å². The van der Waals surface area contributed by atoms with Crippen LogP contribution >= 0.6 is 0 Å². The summed E-state index contributed by atoms with van der Waals surface area (Å²) < 4.78 is 5.58. The van der Waals surface area contributed by atoms with E-state index >= 15 is 0 Å². The molecule has 176 valence electrons. The van der Waals surface area contributed by atoms with E-state index in [4.69, 9.17) is 4.74 Å². The monoisotopic (exact) mass is 457 g/mol. The summed E-state index contributed by atoms with van der Waals surface area (Å²) in [5.41, 5.74) is 5.90. The zero-order valence-electron chi connectivity index (χ0n) is 20.0. The van der Waals surface area contributed by atoms with Crippen molar-refractivity contribution in [3.8, 4) is 5.75 Å². The summed E-state index contributed by atoms with van der Waals surface area (Å²) >= 11 is 0. The average Bonchev–Trinajstić information content (AvgIpc) is 2.83. The summed E-state index contributed by atoms with van der Waals surface area (Å²) in [5, 5.41) is 2.94. The molecule has 4 rings (SSSR count). The number of benzene rings is 3. The molecular weight excluding hydrogens is 426 g/mol. The van der Waals surface area contributed by atoms with Crippen LogP contribution < -0.4 is 15.0 Å². The molecule has 34 heavy (non-hydrogen) atoms. The maximum absolute atomic E-state index is 13.4. The number of rotatable bonds is 7. The number of aryl methyl sites for hydroxylation is 3. The maximum Gasteiger partial charge on any atom is 0.324 e. The Kier molecular flexibility index (Phi) is 7.16. The Balaban J connectivity index is 1.48. The molecular formula is C28H31N3O3. The first kappa shape index (κ1) is 23.4. The van der Waals surface area contributed by atoms with Gasteiger partial charge in [0.25, 0.3) is 5.91 Å². The Morgan fingerprint density at radius 1 is 0.941 bits per heavy atom. The normalized spacial score (nSPS) is 13.7. The SMILES string of the molecule is Cc1ccc(N2CCCN(Cc3ccc(C)c(C)c3)C2=O)c(NC(=O)COc2ccccc2)c1. The number of para-hydroxylation sites is 1. The fraction of sp³-hybridized carbons (Fsp3) is 0.286. The molecule has 1 aliphatic heterocycles. The summed E-state index contributed by atoms with van der Waals surface area (Å²) in [6.45, 7) is 7.91. The molecule has 1 heterocycles. The Morgan fingerprint density at radius 2 is 1.74 bits per heavy atom. The minimum atomic E-state index is -0.271. The van der Waals surface area contributed by atoms with Crippen molar-refractivity contribution >= 4 is 23.3 Å². The van der Waals surface area contributed by atoms with Crippen molar-refractivity contribution in [3.63, 3.8) is 0 Å². The summed E-state index contributed by atoms with van der Waals surface area (Å²) in [6.07, 6.45) is 0.856. The van der Waals surface area contributed by atoms with E-state index < -0.39 is 0 Å². The van der Waals surface area contributed by atoms with E-state index in [0.29, 0.717) is 36.8 Å². The van der Waals surface area contributed by atoms with Gasteiger partial charge in [0, 0.05) is 19.6 Å². The van der Waals surface area contributed by atoms with Crippen molar-refractivity contribution in [1.29, 1.82) is 0 Å². The second-order valence-electron chi connectivity index (χ2n) is 8.80. The highest BCUT2D eigenvalue weighted by Crippen LogP contribution is 2.30. The number of ether oxygens (including phenoxy) is 1. The summed E-state index contributed by atoms with van der Waals surface area (Å²) in [4.78, 5) is 29.7. The van der Waals surface area contributed by atoms with Gasteiger partial charge in [-0.3, -0.25) is 9.69 Å². The van der Waals surface area contributed by atoms with Crippen LogP contribution in [0, 0.1) is 20.8 Å². The second-order valence-corrected chi connectivity index (χ2v) is 8.80. The number of amides is 3. The molecule has 1 fully saturated rings. The number of carbonyl (C=O) groups excluding carboxylic acids is 2. The largest absolute Gasteiger partial charge is 0.484 e. The van der Waals surface area contributed by atoms with E-state index in [1.807, 2.05) is 60.4 Å². The fourth-order valence-corrected chi connectivity index (χ4v) is 4.11. The first-order chi connectivity index (χ1) is 16.4. The second kappa shape index (κ2) is 10.4. The predicted molar refractivity (Wildman–Crippen MR) is 135 cm³/mol. The van der Waals surface area contributed by atoms with E-state index in [-0.39, 0.29) is 18.5 Å². The molecule has 1 aliphatic rings. The molecule has 1 N–H and O–H groups in total. The third-order valence-corrected chi connectivity index (χ3v) is 6.09. The number of urea groups is 1. The lowest BCUT2D eigenvalue weighted by molar-refractivity contribution is -0.118. The van der Waals surface area contributed by atoms with Crippen LogP contribution in [0.1, 0.15) is 28.7 Å². The number of nitrogens with one attached hydrogen (secondary N) is 1. The lowest BCUT2D eigenvalue weighted by atomic mass is 10.1. The van der Waals surface area contributed by atoms with E-state index in [9.17, 15) is 9.59 Å². The highest BCUT2D eigenvalue weighted by atomic mass is 16.5. The fourth-order valence-electron chi connectivity index (χ4n) is 4.11. The Labute approximate surface area is 201 Å². The molecule has 0 atom stereocenters. The van der Waals surface area contributed by atoms with Gasteiger partial charge >= 0.3 is 6.03 Å². The highest BCUT2D eigenvalue weighted by Gasteiger charge is 2.28. The number of carbonyl (C=O) groups is 2. The molecule has 0 aromatic heterocycles. The minimum Gasteiger partial charge on any atom is -0.484 e. The van der Waals surface area contributed by atoms with Crippen molar-refractivity contribution in [1.82, 2.24) is 4.90 Å². The lowest BCUT2D eigenvalue weighted by Gasteiger charge is -2.36. The lowest BCUT2D eigenvalue weighted by Crippen LogP contribution is -2.49. The number of nitrogens with zero attached hydrogens (tertiary/aromatic N) is 2. The number of hydrogen-bond donors (Lipinski definition) is 1. The van der Waals surface area contributed by atoms with Crippen molar-refractivity contribution < 1.29 is 14.3 Å². The molecule has 0 radical (unpaired) electrons. The van der Waals surface area contributed by atoms with Crippen LogP contribution in [0.25, 0.3) is 0 Å². The third kappa shape index (κ3) is 5.57. The first-order valence-corrected chi connectivity index (χ1v) is 11.6. The molecule has 0 saturated carbocycles. The maximum atomic E-state index is 13.4. The van der Waals surface area contributed by atoms with Gasteiger partial charge in [-0.2, -0.15) is 0 Å². The average molecular weight is 458 g/mol. The van der Waals surface area contributed by atoms with Gasteiger partial charge in [0.05, 0.1) is 11.4 Å². The molecule has 6 nitrogen and oxygen atoms in total. The van der Waals surface area contributed by atoms with Gasteiger partial charge in [-0.15, -0.1) is 0 Å². The molecule has 3 amide bonds. The zero-order chi connectivity index (χ0) is 24.1. The Bertz CT molecular complexity index is 1180. The number of hydrogen-bond acceptors (Lipinski definition) is 3. The molecule has 0 unspecified atom stereocenters. The van der Waals surface area contributed by atoms with Crippen LogP contribution in [-0.2, 0) is 11.3 Å². The molecule has 1 saturated heterocycles. The van der Waals surface area contributed by atoms with Crippen LogP contribution in [0.2, 0.25) is 0 Å². The molecule has 0 bridgehead atoms. The van der Waals surface area contributed by atoms with Crippen LogP contribution in [-0.4, -0.2) is 36.5 Å². The van der Waals surface area contributed by atoms with Crippen molar-refractivity contribution in [2.24, 2.45) is 0 Å². The quantitative estimate of drug-likeness (QED) is 0.512. The van der Waals surface area contributed by atoms with Gasteiger partial charge < -0.3 is 15.0 Å². The standard InChI is InChI=1S/C28H31N3O3/c1-20-10-13-26(25(16-20)29-27(32)19-34-24-8-5-4-6-9-24)31-15-7-14-30(28(31)33)18-23-12-11-21(2)22(3)17-23/h4-6,8-13,16-17H,7,14-15,18-19H2,1-3H3,(H,29,32). The molecule has 0 spiro atoms. The Hall–Kier alpha value is -3.80. The van der Waals surface area contributed by atoms with Gasteiger partial charge in [-0.25, -0.2) is 4.79 Å².